The standard InChI is InChI=1S/C27H26N4O/c1-18-13-21(3-4-22(18)15-28)24-14-26-25(10-12-31(26)17-19-9-11-29-16-19)30-27(24)20-5-7-23(32-2)8-6-20/h3-8,10,12-14,19,29H,9,11,16-17H2,1-2H3. The van der Waals surface area contributed by atoms with Crippen molar-refractivity contribution in [2.75, 3.05) is 20.2 Å². The van der Waals surface area contributed by atoms with Gasteiger partial charge in [-0.25, -0.2) is 4.98 Å². The van der Waals surface area contributed by atoms with Gasteiger partial charge in [0, 0.05) is 23.9 Å². The highest BCUT2D eigenvalue weighted by molar-refractivity contribution is 5.90. The zero-order chi connectivity index (χ0) is 22.1. The number of pyridine rings is 1. The number of aromatic nitrogens is 2. The number of ether oxygens (including phenoxy) is 1. The molecule has 2 aromatic heterocycles. The van der Waals surface area contributed by atoms with E-state index in [0.717, 1.165) is 64.4 Å². The Morgan fingerprint density at radius 3 is 2.62 bits per heavy atom. The number of nitrogens with one attached hydrogen (secondary N) is 1. The fraction of sp³-hybridized carbons (Fsp3) is 0.259. The summed E-state index contributed by atoms with van der Waals surface area (Å²) in [5.74, 6) is 1.47. The van der Waals surface area contributed by atoms with Crippen LogP contribution >= 0.6 is 0 Å². The quantitative estimate of drug-likeness (QED) is 0.482. The fourth-order valence-electron chi connectivity index (χ4n) is 4.56. The minimum Gasteiger partial charge on any atom is -0.497 e. The van der Waals surface area contributed by atoms with Crippen LogP contribution in [0.25, 0.3) is 33.4 Å². The normalized spacial score (nSPS) is 15.7. The maximum atomic E-state index is 9.36. The number of benzene rings is 2. The monoisotopic (exact) mass is 422 g/mol. The molecule has 5 rings (SSSR count). The number of rotatable bonds is 5. The first-order chi connectivity index (χ1) is 15.7. The van der Waals surface area contributed by atoms with Crippen LogP contribution in [0.3, 0.4) is 0 Å². The van der Waals surface area contributed by atoms with Gasteiger partial charge in [-0.1, -0.05) is 12.1 Å². The predicted octanol–water partition coefficient (Wildman–Crippen LogP) is 5.17. The van der Waals surface area contributed by atoms with Crippen molar-refractivity contribution >= 4 is 11.0 Å². The first-order valence-corrected chi connectivity index (χ1v) is 11.0. The average molecular weight is 423 g/mol. The van der Waals surface area contributed by atoms with E-state index in [0.29, 0.717) is 11.5 Å². The van der Waals surface area contributed by atoms with Gasteiger partial charge in [0.05, 0.1) is 35.5 Å². The van der Waals surface area contributed by atoms with E-state index in [1.54, 1.807) is 7.11 Å². The Bertz CT molecular complexity index is 1310. The van der Waals surface area contributed by atoms with Crippen molar-refractivity contribution in [2.24, 2.45) is 5.92 Å². The Hall–Kier alpha value is -3.62. The van der Waals surface area contributed by atoms with Crippen molar-refractivity contribution in [3.8, 4) is 34.2 Å². The molecule has 5 heteroatoms. The predicted molar refractivity (Wildman–Crippen MR) is 128 cm³/mol. The Labute approximate surface area is 188 Å². The zero-order valence-electron chi connectivity index (χ0n) is 18.4. The molecule has 0 aliphatic carbocycles. The van der Waals surface area contributed by atoms with Crippen LogP contribution in [-0.4, -0.2) is 29.8 Å². The number of fused-ring (bicyclic) bond motifs is 1. The molecule has 1 atom stereocenters. The van der Waals surface area contributed by atoms with Crippen LogP contribution in [-0.2, 0) is 6.54 Å². The van der Waals surface area contributed by atoms with Crippen molar-refractivity contribution in [1.82, 2.24) is 14.9 Å². The van der Waals surface area contributed by atoms with Gasteiger partial charge in [-0.3, -0.25) is 0 Å². The summed E-state index contributed by atoms with van der Waals surface area (Å²) in [4.78, 5) is 5.10. The van der Waals surface area contributed by atoms with Gasteiger partial charge >= 0.3 is 0 Å². The zero-order valence-corrected chi connectivity index (χ0v) is 18.4. The molecule has 1 N–H and O–H groups in total. The first-order valence-electron chi connectivity index (χ1n) is 11.0. The second-order valence-corrected chi connectivity index (χ2v) is 8.49. The highest BCUT2D eigenvalue weighted by atomic mass is 16.5. The first kappa shape index (κ1) is 20.3. The van der Waals surface area contributed by atoms with Crippen molar-refractivity contribution in [1.29, 1.82) is 5.26 Å². The smallest absolute Gasteiger partial charge is 0.118 e. The van der Waals surface area contributed by atoms with E-state index in [9.17, 15) is 5.26 Å². The lowest BCUT2D eigenvalue weighted by atomic mass is 9.96. The number of aryl methyl sites for hydroxylation is 1. The number of hydrogen-bond donors (Lipinski definition) is 1. The molecule has 1 fully saturated rings. The van der Waals surface area contributed by atoms with Crippen LogP contribution in [0.4, 0.5) is 0 Å². The van der Waals surface area contributed by atoms with Gasteiger partial charge in [0.15, 0.2) is 0 Å². The molecule has 4 aromatic rings. The lowest BCUT2D eigenvalue weighted by Crippen LogP contribution is -2.14. The third-order valence-electron chi connectivity index (χ3n) is 6.39. The minimum absolute atomic E-state index is 0.646. The van der Waals surface area contributed by atoms with E-state index in [-0.39, 0.29) is 0 Å². The third-order valence-corrected chi connectivity index (χ3v) is 6.39. The van der Waals surface area contributed by atoms with Gasteiger partial charge < -0.3 is 14.6 Å². The lowest BCUT2D eigenvalue weighted by molar-refractivity contribution is 0.415. The summed E-state index contributed by atoms with van der Waals surface area (Å²) in [6.07, 6.45) is 3.36. The molecule has 32 heavy (non-hydrogen) atoms. The summed E-state index contributed by atoms with van der Waals surface area (Å²) in [6, 6.07) is 20.7. The molecule has 0 amide bonds. The molecule has 0 saturated carbocycles. The Morgan fingerprint density at radius 2 is 1.94 bits per heavy atom. The van der Waals surface area contributed by atoms with Gasteiger partial charge in [0.25, 0.3) is 0 Å². The van der Waals surface area contributed by atoms with Crippen LogP contribution in [0.5, 0.6) is 5.75 Å². The highest BCUT2D eigenvalue weighted by Gasteiger charge is 2.18. The summed E-state index contributed by atoms with van der Waals surface area (Å²) in [5, 5.41) is 12.8. The molecule has 0 spiro atoms. The van der Waals surface area contributed by atoms with Gasteiger partial charge in [-0.05, 0) is 85.9 Å². The van der Waals surface area contributed by atoms with Crippen molar-refractivity contribution < 1.29 is 4.74 Å². The van der Waals surface area contributed by atoms with Crippen LogP contribution in [0, 0.1) is 24.2 Å². The second kappa shape index (κ2) is 8.49. The summed E-state index contributed by atoms with van der Waals surface area (Å²) >= 11 is 0. The lowest BCUT2D eigenvalue weighted by Gasteiger charge is -2.15. The molecule has 2 aromatic carbocycles. The number of nitriles is 1. The molecule has 5 nitrogen and oxygen atoms in total. The SMILES string of the molecule is COc1ccc(-c2nc3ccn(CC4CCNC4)c3cc2-c2ccc(C#N)c(C)c2)cc1. The Balaban J connectivity index is 1.67. The molecule has 1 aliphatic rings. The van der Waals surface area contributed by atoms with Crippen molar-refractivity contribution in [3.63, 3.8) is 0 Å². The van der Waals surface area contributed by atoms with E-state index in [1.165, 1.54) is 6.42 Å². The molecule has 0 radical (unpaired) electrons. The summed E-state index contributed by atoms with van der Waals surface area (Å²) in [6.45, 7) is 5.14. The van der Waals surface area contributed by atoms with Crippen molar-refractivity contribution in [2.45, 2.75) is 19.9 Å². The van der Waals surface area contributed by atoms with E-state index in [1.807, 2.05) is 43.3 Å². The van der Waals surface area contributed by atoms with Crippen LogP contribution in [0.2, 0.25) is 0 Å². The van der Waals surface area contributed by atoms with E-state index in [4.69, 9.17) is 9.72 Å². The van der Waals surface area contributed by atoms with Crippen LogP contribution in [0.15, 0.2) is 60.8 Å². The van der Waals surface area contributed by atoms with Gasteiger partial charge in [0.1, 0.15) is 5.75 Å². The molecule has 1 aliphatic heterocycles. The summed E-state index contributed by atoms with van der Waals surface area (Å²) < 4.78 is 7.67. The van der Waals surface area contributed by atoms with Crippen LogP contribution in [0.1, 0.15) is 17.5 Å². The van der Waals surface area contributed by atoms with Crippen molar-refractivity contribution in [3.05, 3.63) is 71.9 Å². The maximum absolute atomic E-state index is 9.36. The van der Waals surface area contributed by atoms with Gasteiger partial charge in [-0.15, -0.1) is 0 Å². The fourth-order valence-corrected chi connectivity index (χ4v) is 4.56. The van der Waals surface area contributed by atoms with E-state index >= 15 is 0 Å². The van der Waals surface area contributed by atoms with E-state index in [2.05, 4.69) is 40.3 Å². The molecule has 0 bridgehead atoms. The maximum Gasteiger partial charge on any atom is 0.118 e. The van der Waals surface area contributed by atoms with Gasteiger partial charge in [0.2, 0.25) is 0 Å². The molecule has 3 heterocycles. The average Bonchev–Trinajstić information content (AvgIpc) is 3.48. The second-order valence-electron chi connectivity index (χ2n) is 8.49. The minimum atomic E-state index is 0.646. The summed E-state index contributed by atoms with van der Waals surface area (Å²) in [5.41, 5.74) is 7.92. The van der Waals surface area contributed by atoms with Crippen LogP contribution < -0.4 is 10.1 Å². The number of nitrogens with zero attached hydrogens (tertiary/aromatic N) is 3. The highest BCUT2D eigenvalue weighted by Crippen LogP contribution is 2.35. The van der Waals surface area contributed by atoms with E-state index < -0.39 is 0 Å². The number of methoxy groups -OCH3 is 1. The molecular formula is C27H26N4O. The molecule has 160 valence electrons. The largest absolute Gasteiger partial charge is 0.497 e. The molecular weight excluding hydrogens is 396 g/mol. The number of hydrogen-bond acceptors (Lipinski definition) is 4. The Kier molecular flexibility index (Phi) is 5.38. The van der Waals surface area contributed by atoms with Gasteiger partial charge in [-0.2, -0.15) is 5.26 Å². The Morgan fingerprint density at radius 1 is 1.12 bits per heavy atom. The topological polar surface area (TPSA) is 62.9 Å². The molecule has 1 unspecified atom stereocenters. The molecule has 1 saturated heterocycles. The summed E-state index contributed by atoms with van der Waals surface area (Å²) in [7, 11) is 1.67. The third kappa shape index (κ3) is 3.74.